The number of hydrogen-bond acceptors (Lipinski definition) is 5. The van der Waals surface area contributed by atoms with Crippen molar-refractivity contribution in [3.63, 3.8) is 0 Å². The van der Waals surface area contributed by atoms with Crippen molar-refractivity contribution in [1.82, 2.24) is 24.1 Å². The van der Waals surface area contributed by atoms with Crippen LogP contribution in [0.2, 0.25) is 0 Å². The fourth-order valence-corrected chi connectivity index (χ4v) is 4.55. The molecule has 0 amide bonds. The van der Waals surface area contributed by atoms with Crippen LogP contribution < -0.4 is 0 Å². The number of pyridine rings is 2. The zero-order chi connectivity index (χ0) is 21.5. The Hall–Kier alpha value is -3.55. The molecule has 2 unspecified atom stereocenters. The van der Waals surface area contributed by atoms with Crippen LogP contribution in [0.1, 0.15) is 42.9 Å². The van der Waals surface area contributed by atoms with Crippen molar-refractivity contribution < 1.29 is 9.84 Å². The van der Waals surface area contributed by atoms with Crippen LogP contribution in [0.15, 0.2) is 73.4 Å². The fraction of sp³-hybridized carbons (Fsp3) is 0.240. The van der Waals surface area contributed by atoms with E-state index in [0.717, 1.165) is 59.1 Å². The molecule has 1 aliphatic rings. The third-order valence-electron chi connectivity index (χ3n) is 6.23. The second-order valence-electron chi connectivity index (χ2n) is 8.16. The van der Waals surface area contributed by atoms with Gasteiger partial charge in [0.25, 0.3) is 0 Å². The summed E-state index contributed by atoms with van der Waals surface area (Å²) in [4.78, 5) is 8.61. The monoisotopic (exact) mass is 425 g/mol. The number of ether oxygens (including phenoxy) is 1. The molecule has 0 saturated carbocycles. The van der Waals surface area contributed by atoms with Crippen LogP contribution in [0.4, 0.5) is 0 Å². The Morgan fingerprint density at radius 2 is 1.91 bits per heavy atom. The number of nitrogens with zero attached hydrogens (tertiary/aromatic N) is 5. The minimum atomic E-state index is -0.841. The Morgan fingerprint density at radius 1 is 1.00 bits per heavy atom. The quantitative estimate of drug-likeness (QED) is 0.458. The van der Waals surface area contributed by atoms with Gasteiger partial charge in [-0.1, -0.05) is 12.1 Å². The predicted octanol–water partition coefficient (Wildman–Crippen LogP) is 4.53. The van der Waals surface area contributed by atoms with E-state index in [1.54, 1.807) is 18.6 Å². The molecule has 1 aliphatic heterocycles. The first-order valence-corrected chi connectivity index (χ1v) is 10.9. The third-order valence-corrected chi connectivity index (χ3v) is 6.23. The van der Waals surface area contributed by atoms with Crippen molar-refractivity contribution in [3.8, 4) is 11.1 Å². The molecule has 5 aromatic rings. The topological polar surface area (TPSA) is 77.5 Å². The molecule has 1 N–H and O–H groups in total. The van der Waals surface area contributed by atoms with Gasteiger partial charge in [0.1, 0.15) is 11.8 Å². The molecule has 4 aromatic heterocycles. The second-order valence-corrected chi connectivity index (χ2v) is 8.16. The highest BCUT2D eigenvalue weighted by molar-refractivity contribution is 5.83. The zero-order valence-electron chi connectivity index (χ0n) is 17.5. The van der Waals surface area contributed by atoms with Gasteiger partial charge in [-0.15, -0.1) is 0 Å². The van der Waals surface area contributed by atoms with Crippen LogP contribution in [-0.4, -0.2) is 35.9 Å². The molecular weight excluding hydrogens is 402 g/mol. The van der Waals surface area contributed by atoms with Crippen molar-refractivity contribution in [2.75, 3.05) is 6.61 Å². The number of benzene rings is 1. The molecule has 0 spiro atoms. The maximum Gasteiger partial charge on any atom is 0.150 e. The van der Waals surface area contributed by atoms with Crippen LogP contribution >= 0.6 is 0 Å². The first-order chi connectivity index (χ1) is 15.8. The molecule has 6 rings (SSSR count). The smallest absolute Gasteiger partial charge is 0.150 e. The van der Waals surface area contributed by atoms with Crippen molar-refractivity contribution in [2.24, 2.45) is 0 Å². The number of fused-ring (bicyclic) bond motifs is 2. The second kappa shape index (κ2) is 7.85. The molecule has 0 radical (unpaired) electrons. The van der Waals surface area contributed by atoms with Crippen LogP contribution in [-0.2, 0) is 4.74 Å². The Kier molecular flexibility index (Phi) is 4.70. The maximum absolute atomic E-state index is 11.4. The van der Waals surface area contributed by atoms with E-state index >= 15 is 0 Å². The molecule has 0 aliphatic carbocycles. The SMILES string of the molecule is OC(c1cccc2c1cnn2C1CCCCO1)c1cnc2ccc(-c3ccncc3)cn12. The van der Waals surface area contributed by atoms with E-state index in [4.69, 9.17) is 4.74 Å². The highest BCUT2D eigenvalue weighted by atomic mass is 16.5. The molecule has 7 nitrogen and oxygen atoms in total. The van der Waals surface area contributed by atoms with Gasteiger partial charge in [-0.2, -0.15) is 5.10 Å². The van der Waals surface area contributed by atoms with Gasteiger partial charge in [-0.25, -0.2) is 9.67 Å². The van der Waals surface area contributed by atoms with Gasteiger partial charge >= 0.3 is 0 Å². The van der Waals surface area contributed by atoms with E-state index in [9.17, 15) is 5.11 Å². The maximum atomic E-state index is 11.4. The van der Waals surface area contributed by atoms with Crippen molar-refractivity contribution in [3.05, 3.63) is 84.7 Å². The zero-order valence-corrected chi connectivity index (χ0v) is 17.5. The van der Waals surface area contributed by atoms with Crippen LogP contribution in [0.25, 0.3) is 27.7 Å². The molecule has 1 saturated heterocycles. The Labute approximate surface area is 184 Å². The molecule has 1 aromatic carbocycles. The first kappa shape index (κ1) is 19.2. The molecule has 2 atom stereocenters. The molecule has 7 heteroatoms. The molecule has 0 bridgehead atoms. The minimum absolute atomic E-state index is 0.0487. The lowest BCUT2D eigenvalue weighted by atomic mass is 10.0. The Bertz CT molecular complexity index is 1390. The fourth-order valence-electron chi connectivity index (χ4n) is 4.55. The van der Waals surface area contributed by atoms with Crippen LogP contribution in [0.5, 0.6) is 0 Å². The number of aliphatic hydroxyl groups is 1. The average molecular weight is 425 g/mol. The predicted molar refractivity (Wildman–Crippen MR) is 121 cm³/mol. The summed E-state index contributed by atoms with van der Waals surface area (Å²) in [7, 11) is 0. The lowest BCUT2D eigenvalue weighted by Crippen LogP contribution is -2.18. The molecule has 1 fully saturated rings. The summed E-state index contributed by atoms with van der Waals surface area (Å²) >= 11 is 0. The third kappa shape index (κ3) is 3.18. The van der Waals surface area contributed by atoms with Crippen LogP contribution in [0.3, 0.4) is 0 Å². The minimum Gasteiger partial charge on any atom is -0.382 e. The molecule has 32 heavy (non-hydrogen) atoms. The lowest BCUT2D eigenvalue weighted by Gasteiger charge is -2.23. The average Bonchev–Trinajstić information content (AvgIpc) is 3.49. The van der Waals surface area contributed by atoms with E-state index < -0.39 is 6.10 Å². The van der Waals surface area contributed by atoms with Gasteiger partial charge in [-0.3, -0.25) is 4.98 Å². The van der Waals surface area contributed by atoms with Gasteiger partial charge in [0.15, 0.2) is 6.23 Å². The van der Waals surface area contributed by atoms with E-state index in [-0.39, 0.29) is 6.23 Å². The number of rotatable bonds is 4. The summed E-state index contributed by atoms with van der Waals surface area (Å²) in [6, 6.07) is 13.9. The van der Waals surface area contributed by atoms with E-state index in [1.165, 1.54) is 0 Å². The van der Waals surface area contributed by atoms with E-state index in [2.05, 4.69) is 15.1 Å². The Morgan fingerprint density at radius 3 is 2.75 bits per heavy atom. The normalized spacial score (nSPS) is 17.7. The Balaban J connectivity index is 1.42. The molecule has 5 heterocycles. The largest absolute Gasteiger partial charge is 0.382 e. The van der Waals surface area contributed by atoms with E-state index in [0.29, 0.717) is 5.69 Å². The van der Waals surface area contributed by atoms with Gasteiger partial charge in [0, 0.05) is 30.6 Å². The van der Waals surface area contributed by atoms with Crippen molar-refractivity contribution in [2.45, 2.75) is 31.6 Å². The van der Waals surface area contributed by atoms with Gasteiger partial charge < -0.3 is 14.2 Å². The highest BCUT2D eigenvalue weighted by Gasteiger charge is 2.23. The van der Waals surface area contributed by atoms with Crippen molar-refractivity contribution >= 4 is 16.6 Å². The number of aliphatic hydroxyl groups excluding tert-OH is 1. The summed E-state index contributed by atoms with van der Waals surface area (Å²) in [6.07, 6.45) is 11.4. The van der Waals surface area contributed by atoms with Gasteiger partial charge in [0.05, 0.1) is 23.6 Å². The molecule has 160 valence electrons. The number of imidazole rings is 1. The number of hydrogen-bond donors (Lipinski definition) is 1. The van der Waals surface area contributed by atoms with Crippen LogP contribution in [0, 0.1) is 0 Å². The number of aromatic nitrogens is 5. The summed E-state index contributed by atoms with van der Waals surface area (Å²) in [5, 5.41) is 17.0. The summed E-state index contributed by atoms with van der Waals surface area (Å²) < 4.78 is 9.83. The highest BCUT2D eigenvalue weighted by Crippen LogP contribution is 2.33. The lowest BCUT2D eigenvalue weighted by molar-refractivity contribution is -0.0366. The van der Waals surface area contributed by atoms with Crippen molar-refractivity contribution in [1.29, 1.82) is 0 Å². The molecular formula is C25H23N5O2. The standard InChI is InChI=1S/C25H23N5O2/c31-25(19-4-3-5-21-20(19)14-28-30(21)24-6-1-2-13-32-24)22-15-27-23-8-7-18(16-29(22)23)17-9-11-26-12-10-17/h3-5,7-12,14-16,24-25,31H,1-2,6,13H2. The van der Waals surface area contributed by atoms with Gasteiger partial charge in [0.2, 0.25) is 0 Å². The first-order valence-electron chi connectivity index (χ1n) is 10.9. The van der Waals surface area contributed by atoms with Gasteiger partial charge in [-0.05, 0) is 66.3 Å². The summed E-state index contributed by atoms with van der Waals surface area (Å²) in [5.41, 5.74) is 5.37. The van der Waals surface area contributed by atoms with E-state index in [1.807, 2.05) is 63.9 Å². The summed E-state index contributed by atoms with van der Waals surface area (Å²) in [5.74, 6) is 0. The summed E-state index contributed by atoms with van der Waals surface area (Å²) in [6.45, 7) is 0.760.